The molecule has 0 aliphatic rings. The third-order valence-electron chi connectivity index (χ3n) is 3.22. The van der Waals surface area contributed by atoms with Crippen LogP contribution in [0.25, 0.3) is 16.6 Å². The Morgan fingerprint density at radius 1 is 1.29 bits per heavy atom. The molecule has 0 unspecified atom stereocenters. The van der Waals surface area contributed by atoms with E-state index in [2.05, 4.69) is 43.6 Å². The van der Waals surface area contributed by atoms with Crippen LogP contribution in [0.5, 0.6) is 0 Å². The van der Waals surface area contributed by atoms with Crippen LogP contribution in [0.15, 0.2) is 31.0 Å². The number of nitrogens with zero attached hydrogens (tertiary/aromatic N) is 1. The third-order valence-corrected chi connectivity index (χ3v) is 3.22. The molecule has 2 nitrogen and oxygen atoms in total. The second-order valence-corrected chi connectivity index (χ2v) is 5.00. The zero-order valence-electron chi connectivity index (χ0n) is 11.0. The largest absolute Gasteiger partial charge is 0.378 e. The van der Waals surface area contributed by atoms with E-state index < -0.39 is 0 Å². The maximum absolute atomic E-state index is 4.11. The second kappa shape index (κ2) is 4.28. The highest BCUT2D eigenvalue weighted by Gasteiger charge is 2.09. The molecule has 0 saturated carbocycles. The van der Waals surface area contributed by atoms with Gasteiger partial charge in [0.25, 0.3) is 0 Å². The lowest BCUT2D eigenvalue weighted by Gasteiger charge is -2.14. The fourth-order valence-electron chi connectivity index (χ4n) is 1.98. The zero-order chi connectivity index (χ0) is 12.6. The van der Waals surface area contributed by atoms with Crippen molar-refractivity contribution in [3.63, 3.8) is 0 Å². The highest BCUT2D eigenvalue weighted by atomic mass is 15.1. The van der Waals surface area contributed by atoms with Gasteiger partial charge in [-0.3, -0.25) is 0 Å². The van der Waals surface area contributed by atoms with E-state index in [1.54, 1.807) is 0 Å². The first kappa shape index (κ1) is 11.8. The van der Waals surface area contributed by atoms with Crippen LogP contribution in [0.3, 0.4) is 0 Å². The van der Waals surface area contributed by atoms with Gasteiger partial charge < -0.3 is 9.88 Å². The monoisotopic (exact) mass is 228 g/mol. The smallest absolute Gasteiger partial charge is 0.0463 e. The predicted molar refractivity (Wildman–Crippen MR) is 75.1 cm³/mol. The van der Waals surface area contributed by atoms with Crippen LogP contribution < -0.4 is 0 Å². The minimum Gasteiger partial charge on any atom is -0.378 e. The van der Waals surface area contributed by atoms with Crippen molar-refractivity contribution in [1.82, 2.24) is 9.88 Å². The summed E-state index contributed by atoms with van der Waals surface area (Å²) in [5, 5.41) is 1.24. The van der Waals surface area contributed by atoms with Crippen molar-refractivity contribution in [2.75, 3.05) is 14.1 Å². The van der Waals surface area contributed by atoms with Crippen molar-refractivity contribution in [3.05, 3.63) is 42.1 Å². The van der Waals surface area contributed by atoms with Gasteiger partial charge >= 0.3 is 0 Å². The number of rotatable bonds is 3. The Bertz CT molecular complexity index is 547. The molecule has 0 radical (unpaired) electrons. The van der Waals surface area contributed by atoms with Crippen molar-refractivity contribution >= 4 is 16.6 Å². The van der Waals surface area contributed by atoms with Gasteiger partial charge in [0.2, 0.25) is 0 Å². The summed E-state index contributed by atoms with van der Waals surface area (Å²) < 4.78 is 0. The Labute approximate surface area is 103 Å². The molecule has 1 heterocycles. The number of aromatic nitrogens is 1. The van der Waals surface area contributed by atoms with E-state index in [0.29, 0.717) is 5.92 Å². The molecule has 1 N–H and O–H groups in total. The number of aromatic amines is 1. The minimum absolute atomic E-state index is 0.559. The van der Waals surface area contributed by atoms with Gasteiger partial charge in [-0.15, -0.1) is 0 Å². The van der Waals surface area contributed by atoms with E-state index in [-0.39, 0.29) is 0 Å². The van der Waals surface area contributed by atoms with E-state index >= 15 is 0 Å². The maximum atomic E-state index is 4.11. The van der Waals surface area contributed by atoms with Gasteiger partial charge in [0.05, 0.1) is 0 Å². The van der Waals surface area contributed by atoms with Crippen molar-refractivity contribution in [1.29, 1.82) is 0 Å². The van der Waals surface area contributed by atoms with Gasteiger partial charge in [0.1, 0.15) is 0 Å². The number of hydrogen-bond donors (Lipinski definition) is 1. The summed E-state index contributed by atoms with van der Waals surface area (Å²) in [6.45, 7) is 8.53. The Kier molecular flexibility index (Phi) is 2.97. The zero-order valence-corrected chi connectivity index (χ0v) is 11.0. The van der Waals surface area contributed by atoms with Gasteiger partial charge in [-0.2, -0.15) is 0 Å². The van der Waals surface area contributed by atoms with Crippen molar-refractivity contribution in [2.45, 2.75) is 19.8 Å². The summed E-state index contributed by atoms with van der Waals surface area (Å²) in [7, 11) is 4.04. The molecule has 0 spiro atoms. The van der Waals surface area contributed by atoms with Crippen LogP contribution in [0.4, 0.5) is 0 Å². The predicted octanol–water partition coefficient (Wildman–Crippen LogP) is 3.82. The van der Waals surface area contributed by atoms with Gasteiger partial charge in [-0.1, -0.05) is 32.6 Å². The topological polar surface area (TPSA) is 19.0 Å². The van der Waals surface area contributed by atoms with Crippen molar-refractivity contribution in [2.24, 2.45) is 0 Å². The van der Waals surface area contributed by atoms with E-state index in [0.717, 1.165) is 5.70 Å². The molecule has 0 amide bonds. The minimum atomic E-state index is 0.559. The molecule has 0 aliphatic carbocycles. The average Bonchev–Trinajstić information content (AvgIpc) is 2.70. The van der Waals surface area contributed by atoms with Gasteiger partial charge in [-0.25, -0.2) is 0 Å². The SMILES string of the molecule is C=C(c1c[nH]c2cc(C(C)C)ccc12)N(C)C. The molecule has 2 rings (SSSR count). The average molecular weight is 228 g/mol. The summed E-state index contributed by atoms with van der Waals surface area (Å²) in [5.74, 6) is 0.559. The molecule has 0 fully saturated rings. The lowest BCUT2D eigenvalue weighted by atomic mass is 10.0. The van der Waals surface area contributed by atoms with Gasteiger partial charge in [-0.05, 0) is 17.5 Å². The first-order valence-corrected chi connectivity index (χ1v) is 5.98. The van der Waals surface area contributed by atoms with Crippen LogP contribution in [-0.2, 0) is 0 Å². The highest BCUT2D eigenvalue weighted by Crippen LogP contribution is 2.27. The fraction of sp³-hybridized carbons (Fsp3) is 0.333. The Morgan fingerprint density at radius 2 is 2.00 bits per heavy atom. The van der Waals surface area contributed by atoms with E-state index in [4.69, 9.17) is 0 Å². The molecular formula is C15H20N2. The number of hydrogen-bond acceptors (Lipinski definition) is 1. The molecule has 17 heavy (non-hydrogen) atoms. The second-order valence-electron chi connectivity index (χ2n) is 5.00. The lowest BCUT2D eigenvalue weighted by molar-refractivity contribution is 0.594. The van der Waals surface area contributed by atoms with Gasteiger partial charge in [0, 0.05) is 42.5 Å². The molecule has 2 heteroatoms. The molecule has 90 valence electrons. The van der Waals surface area contributed by atoms with Crippen molar-refractivity contribution in [3.8, 4) is 0 Å². The third kappa shape index (κ3) is 2.07. The van der Waals surface area contributed by atoms with Crippen LogP contribution in [-0.4, -0.2) is 24.0 Å². The van der Waals surface area contributed by atoms with Crippen LogP contribution in [0, 0.1) is 0 Å². The number of fused-ring (bicyclic) bond motifs is 1. The first-order chi connectivity index (χ1) is 8.00. The Balaban J connectivity index is 2.52. The van der Waals surface area contributed by atoms with E-state index in [9.17, 15) is 0 Å². The number of benzene rings is 1. The standard InChI is InChI=1S/C15H20N2/c1-10(2)12-6-7-13-14(11(3)17(4)5)9-16-15(13)8-12/h6-10,16H,3H2,1-2,4-5H3. The molecule has 1 aromatic carbocycles. The Morgan fingerprint density at radius 3 is 2.59 bits per heavy atom. The summed E-state index contributed by atoms with van der Waals surface area (Å²) in [5.41, 5.74) is 4.77. The molecule has 0 atom stereocenters. The van der Waals surface area contributed by atoms with Crippen LogP contribution in [0.1, 0.15) is 30.9 Å². The van der Waals surface area contributed by atoms with Crippen LogP contribution in [0.2, 0.25) is 0 Å². The molecule has 2 aromatic rings. The van der Waals surface area contributed by atoms with Crippen LogP contribution >= 0.6 is 0 Å². The Hall–Kier alpha value is -1.70. The normalized spacial score (nSPS) is 11.1. The first-order valence-electron chi connectivity index (χ1n) is 5.98. The quantitative estimate of drug-likeness (QED) is 0.846. The lowest BCUT2D eigenvalue weighted by Crippen LogP contribution is -2.08. The molecule has 0 saturated heterocycles. The number of H-pyrrole nitrogens is 1. The fourth-order valence-corrected chi connectivity index (χ4v) is 1.98. The van der Waals surface area contributed by atoms with E-state index in [1.807, 2.05) is 25.2 Å². The number of nitrogens with one attached hydrogen (secondary N) is 1. The molecule has 1 aromatic heterocycles. The maximum Gasteiger partial charge on any atom is 0.0463 e. The van der Waals surface area contributed by atoms with Crippen molar-refractivity contribution < 1.29 is 0 Å². The summed E-state index contributed by atoms with van der Waals surface area (Å²) >= 11 is 0. The molecular weight excluding hydrogens is 208 g/mol. The summed E-state index contributed by atoms with van der Waals surface area (Å²) in [6, 6.07) is 6.62. The molecule has 0 bridgehead atoms. The summed E-state index contributed by atoms with van der Waals surface area (Å²) in [4.78, 5) is 5.37. The van der Waals surface area contributed by atoms with Gasteiger partial charge in [0.15, 0.2) is 0 Å². The van der Waals surface area contributed by atoms with E-state index in [1.165, 1.54) is 22.0 Å². The summed E-state index contributed by atoms with van der Waals surface area (Å²) in [6.07, 6.45) is 2.04. The molecule has 0 aliphatic heterocycles. The highest BCUT2D eigenvalue weighted by molar-refractivity contribution is 5.92.